The maximum absolute atomic E-state index is 9.20. The first-order valence-electron chi connectivity index (χ1n) is 4.37. The molecule has 0 saturated heterocycles. The highest BCUT2D eigenvalue weighted by Gasteiger charge is 1.99. The highest BCUT2D eigenvalue weighted by molar-refractivity contribution is 5.77. The molecule has 0 bridgehead atoms. The number of phenols is 2. The van der Waals surface area contributed by atoms with Crippen LogP contribution in [0.25, 0.3) is 0 Å². The molecule has 76 valence electrons. The zero-order valence-corrected chi connectivity index (χ0v) is 8.07. The minimum absolute atomic E-state index is 0.101. The van der Waals surface area contributed by atoms with Gasteiger partial charge in [0.15, 0.2) is 11.5 Å². The number of amidine groups is 1. The van der Waals surface area contributed by atoms with Crippen molar-refractivity contribution < 1.29 is 10.2 Å². The molecule has 0 aliphatic rings. The summed E-state index contributed by atoms with van der Waals surface area (Å²) in [6.07, 6.45) is 0.697. The summed E-state index contributed by atoms with van der Waals surface area (Å²) in [5.74, 6) is 0.344. The molecule has 4 nitrogen and oxygen atoms in total. The summed E-state index contributed by atoms with van der Waals surface area (Å²) in [7, 11) is 0. The summed E-state index contributed by atoms with van der Waals surface area (Å²) in [5.41, 5.74) is 6.29. The van der Waals surface area contributed by atoms with E-state index >= 15 is 0 Å². The third kappa shape index (κ3) is 2.97. The van der Waals surface area contributed by atoms with Crippen molar-refractivity contribution in [2.75, 3.05) is 6.54 Å². The minimum atomic E-state index is -0.104. The Labute approximate surface area is 82.7 Å². The smallest absolute Gasteiger partial charge is 0.157 e. The van der Waals surface area contributed by atoms with Crippen LogP contribution in [0.2, 0.25) is 0 Å². The summed E-state index contributed by atoms with van der Waals surface area (Å²) >= 11 is 0. The Hall–Kier alpha value is -1.71. The zero-order valence-electron chi connectivity index (χ0n) is 8.07. The number of benzene rings is 1. The standard InChI is InChI=1S/C10H14N2O2/c1-7(11)12-5-4-8-2-3-9(13)10(14)6-8/h2-3,6,13-14H,4-5H2,1H3,(H2,11,12). The Morgan fingerprint density at radius 3 is 2.64 bits per heavy atom. The fourth-order valence-electron chi connectivity index (χ4n) is 1.09. The number of hydrogen-bond donors (Lipinski definition) is 3. The number of nitrogens with zero attached hydrogens (tertiary/aromatic N) is 1. The van der Waals surface area contributed by atoms with E-state index in [4.69, 9.17) is 10.8 Å². The molecule has 4 N–H and O–H groups in total. The van der Waals surface area contributed by atoms with Crippen LogP contribution in [-0.4, -0.2) is 22.6 Å². The number of aromatic hydroxyl groups is 2. The maximum Gasteiger partial charge on any atom is 0.157 e. The Morgan fingerprint density at radius 2 is 2.07 bits per heavy atom. The molecule has 0 radical (unpaired) electrons. The van der Waals surface area contributed by atoms with E-state index in [1.165, 1.54) is 12.1 Å². The molecule has 0 aliphatic heterocycles. The maximum atomic E-state index is 9.20. The van der Waals surface area contributed by atoms with Gasteiger partial charge in [0.25, 0.3) is 0 Å². The molecular weight excluding hydrogens is 180 g/mol. The minimum Gasteiger partial charge on any atom is -0.504 e. The molecule has 0 aromatic heterocycles. The lowest BCUT2D eigenvalue weighted by Gasteiger charge is -2.01. The second-order valence-corrected chi connectivity index (χ2v) is 3.10. The van der Waals surface area contributed by atoms with E-state index in [1.807, 2.05) is 0 Å². The van der Waals surface area contributed by atoms with Crippen LogP contribution in [0.4, 0.5) is 0 Å². The molecule has 1 aromatic rings. The Morgan fingerprint density at radius 1 is 1.36 bits per heavy atom. The highest BCUT2D eigenvalue weighted by Crippen LogP contribution is 2.24. The highest BCUT2D eigenvalue weighted by atomic mass is 16.3. The van der Waals surface area contributed by atoms with Crippen LogP contribution in [-0.2, 0) is 6.42 Å². The lowest BCUT2D eigenvalue weighted by molar-refractivity contribution is 0.403. The third-order valence-corrected chi connectivity index (χ3v) is 1.80. The van der Waals surface area contributed by atoms with Crippen molar-refractivity contribution in [3.05, 3.63) is 23.8 Å². The third-order valence-electron chi connectivity index (χ3n) is 1.80. The number of phenolic OH excluding ortho intramolecular Hbond substituents is 2. The lowest BCUT2D eigenvalue weighted by atomic mass is 10.1. The Balaban J connectivity index is 2.60. The van der Waals surface area contributed by atoms with Crippen molar-refractivity contribution in [2.24, 2.45) is 10.7 Å². The quantitative estimate of drug-likeness (QED) is 0.382. The number of hydrogen-bond acceptors (Lipinski definition) is 3. The summed E-state index contributed by atoms with van der Waals surface area (Å²) in [6, 6.07) is 4.73. The van der Waals surface area contributed by atoms with Gasteiger partial charge in [-0.1, -0.05) is 6.07 Å². The fraction of sp³-hybridized carbons (Fsp3) is 0.300. The monoisotopic (exact) mass is 194 g/mol. The van der Waals surface area contributed by atoms with Gasteiger partial charge < -0.3 is 15.9 Å². The molecule has 0 fully saturated rings. The van der Waals surface area contributed by atoms with E-state index in [9.17, 15) is 5.11 Å². The predicted molar refractivity (Wildman–Crippen MR) is 55.6 cm³/mol. The van der Waals surface area contributed by atoms with Gasteiger partial charge in [0, 0.05) is 6.54 Å². The van der Waals surface area contributed by atoms with Crippen LogP contribution in [0.3, 0.4) is 0 Å². The van der Waals surface area contributed by atoms with Crippen molar-refractivity contribution in [1.29, 1.82) is 0 Å². The van der Waals surface area contributed by atoms with Crippen molar-refractivity contribution >= 4 is 5.84 Å². The SMILES string of the molecule is CC(N)=NCCc1ccc(O)c(O)c1. The first-order valence-corrected chi connectivity index (χ1v) is 4.37. The summed E-state index contributed by atoms with van der Waals surface area (Å²) in [6.45, 7) is 2.32. The Bertz CT molecular complexity index is 344. The van der Waals surface area contributed by atoms with E-state index in [1.54, 1.807) is 13.0 Å². The molecule has 1 aromatic carbocycles. The van der Waals surface area contributed by atoms with Gasteiger partial charge in [-0.15, -0.1) is 0 Å². The molecule has 0 spiro atoms. The van der Waals surface area contributed by atoms with E-state index in [0.717, 1.165) is 5.56 Å². The van der Waals surface area contributed by atoms with E-state index in [0.29, 0.717) is 18.8 Å². The second kappa shape index (κ2) is 4.50. The molecule has 0 heterocycles. The average Bonchev–Trinajstić information content (AvgIpc) is 2.10. The molecule has 4 heteroatoms. The summed E-state index contributed by atoms with van der Waals surface area (Å²) in [4.78, 5) is 4.02. The molecule has 0 unspecified atom stereocenters. The van der Waals surface area contributed by atoms with Crippen molar-refractivity contribution in [1.82, 2.24) is 0 Å². The van der Waals surface area contributed by atoms with Crippen molar-refractivity contribution in [3.63, 3.8) is 0 Å². The topological polar surface area (TPSA) is 78.8 Å². The van der Waals surface area contributed by atoms with E-state index in [-0.39, 0.29) is 11.5 Å². The van der Waals surface area contributed by atoms with Crippen LogP contribution < -0.4 is 5.73 Å². The van der Waals surface area contributed by atoms with Gasteiger partial charge in [-0.3, -0.25) is 4.99 Å². The van der Waals surface area contributed by atoms with Gasteiger partial charge >= 0.3 is 0 Å². The van der Waals surface area contributed by atoms with E-state index in [2.05, 4.69) is 4.99 Å². The number of nitrogens with two attached hydrogens (primary N) is 1. The molecule has 0 aliphatic carbocycles. The molecular formula is C10H14N2O2. The largest absolute Gasteiger partial charge is 0.504 e. The van der Waals surface area contributed by atoms with Crippen LogP contribution in [0.5, 0.6) is 11.5 Å². The first-order chi connectivity index (χ1) is 6.59. The zero-order chi connectivity index (χ0) is 10.6. The van der Waals surface area contributed by atoms with Crippen LogP contribution in [0, 0.1) is 0 Å². The molecule has 0 atom stereocenters. The summed E-state index contributed by atoms with van der Waals surface area (Å²) in [5, 5.41) is 18.3. The molecule has 0 amide bonds. The van der Waals surface area contributed by atoms with E-state index < -0.39 is 0 Å². The normalized spacial score (nSPS) is 11.6. The Kier molecular flexibility index (Phi) is 3.34. The van der Waals surface area contributed by atoms with Crippen molar-refractivity contribution in [3.8, 4) is 11.5 Å². The van der Waals surface area contributed by atoms with Crippen LogP contribution >= 0.6 is 0 Å². The van der Waals surface area contributed by atoms with Gasteiger partial charge in [0.1, 0.15) is 0 Å². The number of aliphatic imine (C=N–C) groups is 1. The van der Waals surface area contributed by atoms with Gasteiger partial charge in [-0.25, -0.2) is 0 Å². The van der Waals surface area contributed by atoms with Gasteiger partial charge in [-0.05, 0) is 31.0 Å². The molecule has 0 saturated carbocycles. The predicted octanol–water partition coefficient (Wildman–Crippen LogP) is 1.02. The second-order valence-electron chi connectivity index (χ2n) is 3.10. The van der Waals surface area contributed by atoms with Crippen LogP contribution in [0.1, 0.15) is 12.5 Å². The number of rotatable bonds is 3. The fourth-order valence-corrected chi connectivity index (χ4v) is 1.09. The lowest BCUT2D eigenvalue weighted by Crippen LogP contribution is -2.06. The van der Waals surface area contributed by atoms with Gasteiger partial charge in [0.2, 0.25) is 0 Å². The molecule has 14 heavy (non-hydrogen) atoms. The average molecular weight is 194 g/mol. The first kappa shape index (κ1) is 10.4. The van der Waals surface area contributed by atoms with Crippen molar-refractivity contribution in [2.45, 2.75) is 13.3 Å². The molecule has 1 rings (SSSR count). The van der Waals surface area contributed by atoms with Gasteiger partial charge in [0.05, 0.1) is 5.84 Å². The summed E-state index contributed by atoms with van der Waals surface area (Å²) < 4.78 is 0. The van der Waals surface area contributed by atoms with Crippen LogP contribution in [0.15, 0.2) is 23.2 Å². The van der Waals surface area contributed by atoms with Gasteiger partial charge in [-0.2, -0.15) is 0 Å².